The highest BCUT2D eigenvalue weighted by atomic mass is 16.5. The van der Waals surface area contributed by atoms with Gasteiger partial charge in [0.05, 0.1) is 37.3 Å². The molecule has 3 heterocycles. The van der Waals surface area contributed by atoms with E-state index in [1.165, 1.54) is 0 Å². The number of aromatic nitrogens is 2. The SMILES string of the molecule is COc1c(C2CCCN2CC(O)COCc2ccco2)c(C)nn1C. The van der Waals surface area contributed by atoms with Crippen LogP contribution in [0.1, 0.15) is 35.9 Å². The highest BCUT2D eigenvalue weighted by molar-refractivity contribution is 5.35. The second-order valence-corrected chi connectivity index (χ2v) is 6.53. The van der Waals surface area contributed by atoms with Crippen LogP contribution in [0.15, 0.2) is 22.8 Å². The molecule has 2 unspecified atom stereocenters. The predicted molar refractivity (Wildman–Crippen MR) is 92.4 cm³/mol. The van der Waals surface area contributed by atoms with Crippen molar-refractivity contribution in [2.75, 3.05) is 26.8 Å². The molecule has 0 aromatic carbocycles. The number of methoxy groups -OCH3 is 1. The highest BCUT2D eigenvalue weighted by Gasteiger charge is 2.33. The van der Waals surface area contributed by atoms with E-state index in [1.54, 1.807) is 18.1 Å². The van der Waals surface area contributed by atoms with Crippen LogP contribution >= 0.6 is 0 Å². The first kappa shape index (κ1) is 18.0. The van der Waals surface area contributed by atoms with Gasteiger partial charge in [-0.3, -0.25) is 4.90 Å². The molecule has 7 heteroatoms. The Hall–Kier alpha value is -1.83. The van der Waals surface area contributed by atoms with E-state index in [4.69, 9.17) is 13.9 Å². The summed E-state index contributed by atoms with van der Waals surface area (Å²) >= 11 is 0. The van der Waals surface area contributed by atoms with Crippen molar-refractivity contribution in [1.82, 2.24) is 14.7 Å². The zero-order valence-electron chi connectivity index (χ0n) is 15.1. The monoisotopic (exact) mass is 349 g/mol. The van der Waals surface area contributed by atoms with Crippen molar-refractivity contribution >= 4 is 0 Å². The first-order valence-electron chi connectivity index (χ1n) is 8.70. The molecule has 2 atom stereocenters. The summed E-state index contributed by atoms with van der Waals surface area (Å²) in [6.45, 7) is 4.20. The van der Waals surface area contributed by atoms with Gasteiger partial charge in [-0.2, -0.15) is 5.10 Å². The van der Waals surface area contributed by atoms with Crippen LogP contribution in [0, 0.1) is 6.92 Å². The number of aryl methyl sites for hydroxylation is 2. The summed E-state index contributed by atoms with van der Waals surface area (Å²) in [7, 11) is 3.57. The number of likely N-dealkylation sites (tertiary alicyclic amines) is 1. The highest BCUT2D eigenvalue weighted by Crippen LogP contribution is 2.38. The first-order valence-corrected chi connectivity index (χ1v) is 8.70. The van der Waals surface area contributed by atoms with Gasteiger partial charge < -0.3 is 19.0 Å². The van der Waals surface area contributed by atoms with Crippen LogP contribution in [0.2, 0.25) is 0 Å². The Kier molecular flexibility index (Phi) is 5.78. The van der Waals surface area contributed by atoms with E-state index in [0.717, 1.165) is 42.3 Å². The zero-order valence-corrected chi connectivity index (χ0v) is 15.1. The van der Waals surface area contributed by atoms with Gasteiger partial charge in [-0.05, 0) is 38.4 Å². The van der Waals surface area contributed by atoms with Crippen LogP contribution < -0.4 is 4.74 Å². The molecule has 1 aliphatic heterocycles. The number of ether oxygens (including phenoxy) is 2. The number of furan rings is 1. The van der Waals surface area contributed by atoms with Gasteiger partial charge in [-0.1, -0.05) is 0 Å². The molecule has 0 aliphatic carbocycles. The van der Waals surface area contributed by atoms with E-state index in [-0.39, 0.29) is 12.6 Å². The molecule has 1 fully saturated rings. The summed E-state index contributed by atoms with van der Waals surface area (Å²) < 4.78 is 18.1. The molecule has 3 rings (SSSR count). The zero-order chi connectivity index (χ0) is 17.8. The third kappa shape index (κ3) is 4.05. The van der Waals surface area contributed by atoms with Crippen molar-refractivity contribution in [3.05, 3.63) is 35.4 Å². The fourth-order valence-electron chi connectivity index (χ4n) is 3.66. The van der Waals surface area contributed by atoms with Crippen molar-refractivity contribution in [3.8, 4) is 5.88 Å². The smallest absolute Gasteiger partial charge is 0.216 e. The van der Waals surface area contributed by atoms with Crippen LogP contribution in [-0.4, -0.2) is 52.7 Å². The normalized spacial score (nSPS) is 19.4. The van der Waals surface area contributed by atoms with Gasteiger partial charge >= 0.3 is 0 Å². The van der Waals surface area contributed by atoms with E-state index in [1.807, 2.05) is 26.1 Å². The van der Waals surface area contributed by atoms with E-state index in [9.17, 15) is 5.11 Å². The maximum Gasteiger partial charge on any atom is 0.216 e. The molecule has 0 spiro atoms. The van der Waals surface area contributed by atoms with Crippen LogP contribution in [0.5, 0.6) is 5.88 Å². The molecule has 1 aliphatic rings. The molecule has 1 N–H and O–H groups in total. The van der Waals surface area contributed by atoms with Gasteiger partial charge in [-0.25, -0.2) is 4.68 Å². The van der Waals surface area contributed by atoms with E-state index >= 15 is 0 Å². The standard InChI is InChI=1S/C18H27N3O4/c1-13-17(18(23-3)20(2)19-13)16-7-4-8-21(16)10-14(22)11-24-12-15-6-5-9-25-15/h5-6,9,14,16,22H,4,7-8,10-12H2,1-3H3. The summed E-state index contributed by atoms with van der Waals surface area (Å²) in [5.41, 5.74) is 2.12. The Morgan fingerprint density at radius 2 is 2.32 bits per heavy atom. The van der Waals surface area contributed by atoms with E-state index in [0.29, 0.717) is 13.2 Å². The van der Waals surface area contributed by atoms with Crippen LogP contribution in [0.25, 0.3) is 0 Å². The molecule has 0 amide bonds. The predicted octanol–water partition coefficient (Wildman–Crippen LogP) is 2.04. The molecule has 2 aromatic heterocycles. The van der Waals surface area contributed by atoms with Crippen molar-refractivity contribution < 1.29 is 19.0 Å². The molecule has 2 aromatic rings. The Morgan fingerprint density at radius 3 is 3.04 bits per heavy atom. The molecule has 138 valence electrons. The lowest BCUT2D eigenvalue weighted by Crippen LogP contribution is -2.34. The van der Waals surface area contributed by atoms with E-state index < -0.39 is 6.10 Å². The molecule has 25 heavy (non-hydrogen) atoms. The molecular formula is C18H27N3O4. The number of β-amino-alcohol motifs (C(OH)–C–C–N with tert-alkyl or cyclic N) is 1. The van der Waals surface area contributed by atoms with Gasteiger partial charge in [-0.15, -0.1) is 0 Å². The maximum atomic E-state index is 10.4. The Labute approximate surface area is 148 Å². The third-order valence-corrected chi connectivity index (χ3v) is 4.68. The minimum absolute atomic E-state index is 0.225. The van der Waals surface area contributed by atoms with Crippen molar-refractivity contribution in [2.24, 2.45) is 7.05 Å². The summed E-state index contributed by atoms with van der Waals surface area (Å²) in [4.78, 5) is 2.30. The van der Waals surface area contributed by atoms with Gasteiger partial charge in [0.1, 0.15) is 12.4 Å². The largest absolute Gasteiger partial charge is 0.481 e. The molecule has 0 radical (unpaired) electrons. The maximum absolute atomic E-state index is 10.4. The molecule has 0 saturated carbocycles. The summed E-state index contributed by atoms with van der Waals surface area (Å²) in [6, 6.07) is 3.91. The van der Waals surface area contributed by atoms with Crippen LogP contribution in [0.3, 0.4) is 0 Å². The number of nitrogens with zero attached hydrogens (tertiary/aromatic N) is 3. The average molecular weight is 349 g/mol. The molecule has 7 nitrogen and oxygen atoms in total. The van der Waals surface area contributed by atoms with Gasteiger partial charge in [0.15, 0.2) is 0 Å². The number of hydrogen-bond acceptors (Lipinski definition) is 6. The van der Waals surface area contributed by atoms with Gasteiger partial charge in [0, 0.05) is 19.6 Å². The average Bonchev–Trinajstić information content (AvgIpc) is 3.28. The Bertz CT molecular complexity index is 668. The Balaban J connectivity index is 1.58. The lowest BCUT2D eigenvalue weighted by Gasteiger charge is -2.27. The van der Waals surface area contributed by atoms with Gasteiger partial charge in [0.25, 0.3) is 0 Å². The summed E-state index contributed by atoms with van der Waals surface area (Å²) in [6.07, 6.45) is 3.22. The number of hydrogen-bond donors (Lipinski definition) is 1. The van der Waals surface area contributed by atoms with Crippen LogP contribution in [0.4, 0.5) is 0 Å². The molecule has 1 saturated heterocycles. The Morgan fingerprint density at radius 1 is 1.48 bits per heavy atom. The summed E-state index contributed by atoms with van der Waals surface area (Å²) in [5.74, 6) is 1.57. The lowest BCUT2D eigenvalue weighted by molar-refractivity contribution is 0.00293. The second-order valence-electron chi connectivity index (χ2n) is 6.53. The van der Waals surface area contributed by atoms with Gasteiger partial charge in [0.2, 0.25) is 5.88 Å². The topological polar surface area (TPSA) is 72.9 Å². The number of rotatable bonds is 8. The first-order chi connectivity index (χ1) is 12.1. The number of aliphatic hydroxyl groups excluding tert-OH is 1. The minimum atomic E-state index is -0.543. The van der Waals surface area contributed by atoms with Crippen LogP contribution in [-0.2, 0) is 18.4 Å². The third-order valence-electron chi connectivity index (χ3n) is 4.68. The molecule has 0 bridgehead atoms. The van der Waals surface area contributed by atoms with Crippen molar-refractivity contribution in [2.45, 2.75) is 38.5 Å². The second kappa shape index (κ2) is 8.03. The van der Waals surface area contributed by atoms with E-state index in [2.05, 4.69) is 10.00 Å². The van der Waals surface area contributed by atoms with Crippen molar-refractivity contribution in [1.29, 1.82) is 0 Å². The quantitative estimate of drug-likeness (QED) is 0.786. The fraction of sp³-hybridized carbons (Fsp3) is 0.611. The minimum Gasteiger partial charge on any atom is -0.481 e. The molecular weight excluding hydrogens is 322 g/mol. The summed E-state index contributed by atoms with van der Waals surface area (Å²) in [5, 5.41) is 14.8. The van der Waals surface area contributed by atoms with Crippen molar-refractivity contribution in [3.63, 3.8) is 0 Å². The fourth-order valence-corrected chi connectivity index (χ4v) is 3.66. The number of aliphatic hydroxyl groups is 1. The lowest BCUT2D eigenvalue weighted by atomic mass is 10.0.